The number of rotatable bonds is 8. The third-order valence-electron chi connectivity index (χ3n) is 6.98. The maximum atomic E-state index is 13.0. The lowest BCUT2D eigenvalue weighted by Gasteiger charge is -2.42. The molecule has 31 heavy (non-hydrogen) atoms. The van der Waals surface area contributed by atoms with Gasteiger partial charge in [-0.3, -0.25) is 9.59 Å². The van der Waals surface area contributed by atoms with Gasteiger partial charge in [-0.1, -0.05) is 58.4 Å². The summed E-state index contributed by atoms with van der Waals surface area (Å²) in [6.07, 6.45) is 7.18. The Bertz CT molecular complexity index is 894. The standard InChI is InChI=1S/C26H36ClNO3/c1-24(2,3)11-10-18-8-9-19(15-20(18)27)26(5)16-22(29)28(14-6-7-23(30)31)17-21(26)25(4)12-13-25/h8-9,15,17H,6-7,10-14,16H2,1-5H3,(H,30,31)/t26-/m1/s1. The van der Waals surface area contributed by atoms with E-state index >= 15 is 0 Å². The Kier molecular flexibility index (Phi) is 6.63. The van der Waals surface area contributed by atoms with Crippen molar-refractivity contribution in [1.29, 1.82) is 0 Å². The van der Waals surface area contributed by atoms with Crippen molar-refractivity contribution in [1.82, 2.24) is 4.90 Å². The molecule has 170 valence electrons. The van der Waals surface area contributed by atoms with Gasteiger partial charge in [-0.05, 0) is 65.7 Å². The molecule has 1 aliphatic carbocycles. The smallest absolute Gasteiger partial charge is 0.303 e. The van der Waals surface area contributed by atoms with Gasteiger partial charge < -0.3 is 10.0 Å². The van der Waals surface area contributed by atoms with E-state index in [0.29, 0.717) is 19.4 Å². The SMILES string of the molecule is CC(C)(C)CCc1ccc([C@@]2(C)CC(=O)N(CCCC(=O)O)C=C2C2(C)CC2)cc1Cl. The zero-order valence-electron chi connectivity index (χ0n) is 19.6. The van der Waals surface area contributed by atoms with Crippen molar-refractivity contribution >= 4 is 23.5 Å². The van der Waals surface area contributed by atoms with Crippen LogP contribution in [0.25, 0.3) is 0 Å². The molecule has 1 heterocycles. The Morgan fingerprint density at radius 2 is 1.90 bits per heavy atom. The Balaban J connectivity index is 1.89. The monoisotopic (exact) mass is 445 g/mol. The molecule has 1 aromatic carbocycles. The van der Waals surface area contributed by atoms with Crippen LogP contribution >= 0.6 is 11.6 Å². The second-order valence-electron chi connectivity index (χ2n) is 11.1. The maximum absolute atomic E-state index is 13.0. The number of aryl methyl sites for hydroxylation is 1. The molecule has 1 N–H and O–H groups in total. The molecule has 0 aromatic heterocycles. The first kappa shape index (κ1) is 23.8. The highest BCUT2D eigenvalue weighted by molar-refractivity contribution is 6.31. The van der Waals surface area contributed by atoms with E-state index in [-0.39, 0.29) is 23.2 Å². The minimum atomic E-state index is -0.825. The maximum Gasteiger partial charge on any atom is 0.303 e. The number of nitrogens with zero attached hydrogens (tertiary/aromatic N) is 1. The summed E-state index contributed by atoms with van der Waals surface area (Å²) in [4.78, 5) is 25.6. The molecular weight excluding hydrogens is 410 g/mol. The van der Waals surface area contributed by atoms with Crippen LogP contribution in [0.15, 0.2) is 30.0 Å². The molecular formula is C26H36ClNO3. The van der Waals surface area contributed by atoms with Gasteiger partial charge in [0.2, 0.25) is 5.91 Å². The molecule has 3 rings (SSSR count). The van der Waals surface area contributed by atoms with Crippen LogP contribution < -0.4 is 0 Å². The summed E-state index contributed by atoms with van der Waals surface area (Å²) in [5.74, 6) is -0.775. The number of benzene rings is 1. The fourth-order valence-electron chi connectivity index (χ4n) is 4.60. The van der Waals surface area contributed by atoms with Crippen molar-refractivity contribution in [3.8, 4) is 0 Å². The molecule has 0 spiro atoms. The molecule has 1 atom stereocenters. The second-order valence-corrected chi connectivity index (χ2v) is 11.5. The number of aliphatic carboxylic acids is 1. The molecule has 1 saturated carbocycles. The van der Waals surface area contributed by atoms with Gasteiger partial charge in [0.25, 0.3) is 0 Å². The van der Waals surface area contributed by atoms with Crippen LogP contribution in [0.5, 0.6) is 0 Å². The molecule has 0 unspecified atom stereocenters. The van der Waals surface area contributed by atoms with Crippen LogP contribution in [-0.2, 0) is 21.4 Å². The minimum absolute atomic E-state index is 0.0498. The van der Waals surface area contributed by atoms with Crippen LogP contribution in [0.2, 0.25) is 5.02 Å². The van der Waals surface area contributed by atoms with Crippen LogP contribution in [0.1, 0.15) is 84.3 Å². The average molecular weight is 446 g/mol. The van der Waals surface area contributed by atoms with Crippen molar-refractivity contribution in [2.75, 3.05) is 6.54 Å². The molecule has 5 heteroatoms. The zero-order chi connectivity index (χ0) is 23.0. The van der Waals surface area contributed by atoms with E-state index in [1.807, 2.05) is 6.20 Å². The molecule has 2 aliphatic rings. The Morgan fingerprint density at radius 1 is 1.23 bits per heavy atom. The number of halogens is 1. The molecule has 1 fully saturated rings. The fourth-order valence-corrected chi connectivity index (χ4v) is 4.87. The highest BCUT2D eigenvalue weighted by atomic mass is 35.5. The van der Waals surface area contributed by atoms with E-state index in [9.17, 15) is 9.59 Å². The van der Waals surface area contributed by atoms with Gasteiger partial charge in [0, 0.05) is 36.0 Å². The third kappa shape index (κ3) is 5.52. The van der Waals surface area contributed by atoms with Gasteiger partial charge in [0.1, 0.15) is 0 Å². The number of amides is 1. The van der Waals surface area contributed by atoms with E-state index in [2.05, 4.69) is 52.8 Å². The van der Waals surface area contributed by atoms with Crippen molar-refractivity contribution in [3.63, 3.8) is 0 Å². The summed E-state index contributed by atoms with van der Waals surface area (Å²) in [6.45, 7) is 11.6. The van der Waals surface area contributed by atoms with E-state index in [1.165, 1.54) is 5.57 Å². The van der Waals surface area contributed by atoms with Gasteiger partial charge in [-0.25, -0.2) is 0 Å². The minimum Gasteiger partial charge on any atom is -0.481 e. The van der Waals surface area contributed by atoms with Gasteiger partial charge in [0.05, 0.1) is 0 Å². The summed E-state index contributed by atoms with van der Waals surface area (Å²) in [6, 6.07) is 6.34. The van der Waals surface area contributed by atoms with E-state index in [4.69, 9.17) is 16.7 Å². The summed E-state index contributed by atoms with van der Waals surface area (Å²) in [7, 11) is 0. The van der Waals surface area contributed by atoms with E-state index in [0.717, 1.165) is 41.8 Å². The van der Waals surface area contributed by atoms with Gasteiger partial charge in [0.15, 0.2) is 0 Å². The summed E-state index contributed by atoms with van der Waals surface area (Å²) < 4.78 is 0. The van der Waals surface area contributed by atoms with Gasteiger partial charge in [-0.2, -0.15) is 0 Å². The van der Waals surface area contributed by atoms with Crippen molar-refractivity contribution in [2.24, 2.45) is 10.8 Å². The quantitative estimate of drug-likeness (QED) is 0.506. The Morgan fingerprint density at radius 3 is 2.45 bits per heavy atom. The number of carboxylic acids is 1. The predicted octanol–water partition coefficient (Wildman–Crippen LogP) is 6.36. The average Bonchev–Trinajstić information content (AvgIpc) is 3.39. The topological polar surface area (TPSA) is 57.6 Å². The number of hydrogen-bond donors (Lipinski definition) is 1. The van der Waals surface area contributed by atoms with E-state index in [1.54, 1.807) is 4.90 Å². The summed E-state index contributed by atoms with van der Waals surface area (Å²) in [5, 5.41) is 9.71. The number of carbonyl (C=O) groups excluding carboxylic acids is 1. The normalized spacial score (nSPS) is 23.0. The summed E-state index contributed by atoms with van der Waals surface area (Å²) >= 11 is 6.71. The number of carboxylic acid groups (broad SMARTS) is 1. The Labute approximate surface area is 191 Å². The highest BCUT2D eigenvalue weighted by Crippen LogP contribution is 2.59. The molecule has 1 aliphatic heterocycles. The third-order valence-corrected chi connectivity index (χ3v) is 7.33. The fraction of sp³-hybridized carbons (Fsp3) is 0.615. The highest BCUT2D eigenvalue weighted by Gasteiger charge is 2.52. The largest absolute Gasteiger partial charge is 0.481 e. The lowest BCUT2D eigenvalue weighted by atomic mass is 9.66. The number of hydrogen-bond acceptors (Lipinski definition) is 2. The first-order valence-electron chi connectivity index (χ1n) is 11.4. The zero-order valence-corrected chi connectivity index (χ0v) is 20.3. The van der Waals surface area contributed by atoms with Gasteiger partial charge in [-0.15, -0.1) is 0 Å². The van der Waals surface area contributed by atoms with Crippen LogP contribution in [0.4, 0.5) is 0 Å². The first-order chi connectivity index (χ1) is 14.3. The van der Waals surface area contributed by atoms with Crippen LogP contribution in [0.3, 0.4) is 0 Å². The van der Waals surface area contributed by atoms with Gasteiger partial charge >= 0.3 is 5.97 Å². The lowest BCUT2D eigenvalue weighted by Crippen LogP contribution is -2.43. The summed E-state index contributed by atoms with van der Waals surface area (Å²) in [5.41, 5.74) is 3.48. The second kappa shape index (κ2) is 8.61. The van der Waals surface area contributed by atoms with Crippen LogP contribution in [-0.4, -0.2) is 28.4 Å². The molecule has 4 nitrogen and oxygen atoms in total. The molecule has 1 aromatic rings. The van der Waals surface area contributed by atoms with E-state index < -0.39 is 11.4 Å². The molecule has 1 amide bonds. The van der Waals surface area contributed by atoms with Crippen molar-refractivity contribution in [3.05, 3.63) is 46.1 Å². The first-order valence-corrected chi connectivity index (χ1v) is 11.7. The molecule has 0 saturated heterocycles. The molecule has 0 bridgehead atoms. The van der Waals surface area contributed by atoms with Crippen molar-refractivity contribution in [2.45, 2.75) is 85.0 Å². The number of carbonyl (C=O) groups is 2. The van der Waals surface area contributed by atoms with Crippen LogP contribution in [0, 0.1) is 10.8 Å². The lowest BCUT2D eigenvalue weighted by molar-refractivity contribution is -0.138. The molecule has 0 radical (unpaired) electrons. The number of allylic oxidation sites excluding steroid dienone is 1. The van der Waals surface area contributed by atoms with Crippen molar-refractivity contribution < 1.29 is 14.7 Å². The predicted molar refractivity (Wildman–Crippen MR) is 125 cm³/mol. The Hall–Kier alpha value is -1.81.